The first-order chi connectivity index (χ1) is 4.00. The summed E-state index contributed by atoms with van der Waals surface area (Å²) in [5.74, 6) is 0. The molecule has 0 aromatic carbocycles. The molecule has 0 amide bonds. The average Bonchev–Trinajstić information content (AvgIpc) is 1.12. The van der Waals surface area contributed by atoms with E-state index in [1.165, 1.54) is 0 Å². The van der Waals surface area contributed by atoms with Gasteiger partial charge in [0, 0.05) is 0 Å². The molecule has 10 heavy (non-hydrogen) atoms. The van der Waals surface area contributed by atoms with E-state index in [2.05, 4.69) is 0 Å². The van der Waals surface area contributed by atoms with E-state index in [-0.39, 0.29) is 0 Å². The molecule has 0 aromatic heterocycles. The van der Waals surface area contributed by atoms with E-state index in [0.29, 0.717) is 0 Å². The fourth-order valence-electron chi connectivity index (χ4n) is 0. The van der Waals surface area contributed by atoms with Crippen LogP contribution >= 0.6 is 20.6 Å². The van der Waals surface area contributed by atoms with Crippen LogP contribution in [0, 0.1) is 0 Å². The number of hydrogen-bond acceptors (Lipinski definition) is 2. The Balaban J connectivity index is 0. The first-order valence-electron chi connectivity index (χ1n) is 2.81. The molecule has 0 aromatic rings. The summed E-state index contributed by atoms with van der Waals surface area (Å²) in [6, 6.07) is 0. The van der Waals surface area contributed by atoms with Gasteiger partial charge >= 0.3 is 0 Å². The van der Waals surface area contributed by atoms with E-state index < -0.39 is 20.6 Å². The molecule has 0 saturated heterocycles. The zero-order valence-corrected chi connectivity index (χ0v) is 9.34. The van der Waals surface area contributed by atoms with Crippen molar-refractivity contribution >= 4 is 20.6 Å². The maximum atomic E-state index is 8.60. The van der Waals surface area contributed by atoms with E-state index in [9.17, 15) is 0 Å². The van der Waals surface area contributed by atoms with Crippen molar-refractivity contribution in [3.8, 4) is 0 Å². The fourth-order valence-corrected chi connectivity index (χ4v) is 0. The molecule has 0 spiro atoms. The lowest BCUT2D eigenvalue weighted by Crippen LogP contribution is -1.84. The minimum Gasteiger partial charge on any atom is -0.352 e. The van der Waals surface area contributed by atoms with Crippen LogP contribution in [-0.2, 0) is 0 Å². The van der Waals surface area contributed by atoms with Crippen molar-refractivity contribution in [3.05, 3.63) is 0 Å². The summed E-state index contributed by atoms with van der Waals surface area (Å²) in [4.78, 5) is 0. The quantitative estimate of drug-likeness (QED) is 0.612. The van der Waals surface area contributed by atoms with E-state index >= 15 is 0 Å². The van der Waals surface area contributed by atoms with E-state index in [0.717, 1.165) is 0 Å². The van der Waals surface area contributed by atoms with Gasteiger partial charge in [0.2, 0.25) is 0 Å². The van der Waals surface area contributed by atoms with Gasteiger partial charge < -0.3 is 9.11 Å². The Morgan fingerprint density at radius 3 is 0.600 bits per heavy atom. The smallest absolute Gasteiger partial charge is 0.0134 e. The van der Waals surface area contributed by atoms with Gasteiger partial charge in [-0.3, -0.25) is 0 Å². The summed E-state index contributed by atoms with van der Waals surface area (Å²) in [7, 11) is -2.33. The molecule has 0 aliphatic rings. The molecule has 2 nitrogen and oxygen atoms in total. The molecular weight excluding hydrogens is 168 g/mol. The third kappa shape index (κ3) is 1300. The van der Waals surface area contributed by atoms with Crippen molar-refractivity contribution < 1.29 is 9.11 Å². The summed E-state index contributed by atoms with van der Waals surface area (Å²) in [6.07, 6.45) is 11.0. The van der Waals surface area contributed by atoms with Crippen LogP contribution in [-0.4, -0.2) is 46.6 Å². The van der Waals surface area contributed by atoms with Crippen LogP contribution in [0.15, 0.2) is 0 Å². The highest BCUT2D eigenvalue weighted by Gasteiger charge is 1.89. The Kier molecular flexibility index (Phi) is 5.94. The molecule has 0 aliphatic carbocycles. The summed E-state index contributed by atoms with van der Waals surface area (Å²) >= 11 is 0. The minimum atomic E-state index is -1.17. The van der Waals surface area contributed by atoms with Crippen LogP contribution in [0.4, 0.5) is 0 Å². The summed E-state index contributed by atoms with van der Waals surface area (Å²) in [6.45, 7) is 0. The van der Waals surface area contributed by atoms with Gasteiger partial charge in [0.1, 0.15) is 0 Å². The zero-order chi connectivity index (χ0) is 9.00. The Bertz CT molecular complexity index is 56.7. The largest absolute Gasteiger partial charge is 0.352 e. The van der Waals surface area contributed by atoms with E-state index in [1.807, 2.05) is 37.5 Å². The average molecular weight is 188 g/mol. The van der Waals surface area contributed by atoms with Gasteiger partial charge in [-0.05, 0) is 37.5 Å². The first-order valence-corrected chi connectivity index (χ1v) is 8.44. The molecule has 0 saturated carbocycles. The second-order valence-electron chi connectivity index (χ2n) is 3.54. The van der Waals surface area contributed by atoms with Crippen LogP contribution in [0.2, 0.25) is 0 Å². The van der Waals surface area contributed by atoms with Crippen LogP contribution in [0.5, 0.6) is 0 Å². The molecule has 0 radical (unpaired) electrons. The van der Waals surface area contributed by atoms with Crippen LogP contribution in [0.1, 0.15) is 0 Å². The predicted octanol–water partition coefficient (Wildman–Crippen LogP) is 2.31. The Labute approximate surface area is 67.7 Å². The maximum absolute atomic E-state index is 8.60. The molecule has 0 atom stereocenters. The van der Waals surface area contributed by atoms with Crippen molar-refractivity contribution in [2.24, 2.45) is 0 Å². The van der Waals surface area contributed by atoms with Gasteiger partial charge in [0.15, 0.2) is 0 Å². The Morgan fingerprint density at radius 2 is 0.600 bits per heavy atom. The molecular formula is C6H20O2S2. The third-order valence-corrected chi connectivity index (χ3v) is 0. The molecule has 0 rings (SSSR count). The summed E-state index contributed by atoms with van der Waals surface area (Å²) in [5, 5.41) is 0. The minimum absolute atomic E-state index is 1.17. The molecule has 0 bridgehead atoms. The van der Waals surface area contributed by atoms with E-state index in [4.69, 9.17) is 9.11 Å². The third-order valence-electron chi connectivity index (χ3n) is 0. The van der Waals surface area contributed by atoms with Crippen molar-refractivity contribution in [2.75, 3.05) is 37.5 Å². The zero-order valence-electron chi connectivity index (χ0n) is 7.71. The van der Waals surface area contributed by atoms with E-state index in [1.54, 1.807) is 0 Å². The number of rotatable bonds is 0. The van der Waals surface area contributed by atoms with Gasteiger partial charge in [0.05, 0.1) is 0 Å². The Hall–Kier alpha value is 0.620. The second-order valence-corrected chi connectivity index (χ2v) is 10.6. The van der Waals surface area contributed by atoms with Crippen molar-refractivity contribution in [1.82, 2.24) is 0 Å². The highest BCUT2D eigenvalue weighted by Crippen LogP contribution is 2.26. The van der Waals surface area contributed by atoms with Gasteiger partial charge in [-0.1, -0.05) is 0 Å². The molecule has 68 valence electrons. The standard InChI is InChI=1S/2C3H10OS/c2*1-5(2,3)4/h2*4H,1-3H3. The van der Waals surface area contributed by atoms with Crippen LogP contribution in [0.3, 0.4) is 0 Å². The van der Waals surface area contributed by atoms with Gasteiger partial charge in [-0.2, -0.15) is 0 Å². The lowest BCUT2D eigenvalue weighted by atomic mass is 11.9. The molecule has 0 heterocycles. The van der Waals surface area contributed by atoms with Crippen LogP contribution in [0.25, 0.3) is 0 Å². The topological polar surface area (TPSA) is 40.5 Å². The van der Waals surface area contributed by atoms with Crippen molar-refractivity contribution in [1.29, 1.82) is 0 Å². The Morgan fingerprint density at radius 1 is 0.600 bits per heavy atom. The predicted molar refractivity (Wildman–Crippen MR) is 56.0 cm³/mol. The fraction of sp³-hybridized carbons (Fsp3) is 1.00. The SMILES string of the molecule is CS(C)(C)O.CS(C)(C)O. The highest BCUT2D eigenvalue weighted by molar-refractivity contribution is 8.27. The van der Waals surface area contributed by atoms with Crippen molar-refractivity contribution in [2.45, 2.75) is 0 Å². The second kappa shape index (κ2) is 4.49. The lowest BCUT2D eigenvalue weighted by Gasteiger charge is -2.13. The molecule has 0 fully saturated rings. The van der Waals surface area contributed by atoms with Crippen molar-refractivity contribution in [3.63, 3.8) is 0 Å². The highest BCUT2D eigenvalue weighted by atomic mass is 32.3. The van der Waals surface area contributed by atoms with Crippen LogP contribution < -0.4 is 0 Å². The molecule has 0 unspecified atom stereocenters. The van der Waals surface area contributed by atoms with Gasteiger partial charge in [0.25, 0.3) is 0 Å². The molecule has 0 aliphatic heterocycles. The summed E-state index contributed by atoms with van der Waals surface area (Å²) in [5.41, 5.74) is 0. The van der Waals surface area contributed by atoms with Gasteiger partial charge in [-0.15, -0.1) is 20.6 Å². The monoisotopic (exact) mass is 188 g/mol. The van der Waals surface area contributed by atoms with Gasteiger partial charge in [-0.25, -0.2) is 0 Å². The summed E-state index contributed by atoms with van der Waals surface area (Å²) < 4.78 is 17.2. The molecule has 4 heteroatoms. The molecule has 2 N–H and O–H groups in total. The first kappa shape index (κ1) is 13.2. The normalized spacial score (nSPS) is 15.2. The lowest BCUT2D eigenvalue weighted by molar-refractivity contribution is 0.642. The maximum Gasteiger partial charge on any atom is -0.0134 e. The number of hydrogen-bond donors (Lipinski definition) is 2.